The maximum Gasteiger partial charge on any atom is 0.325 e. The van der Waals surface area contributed by atoms with Gasteiger partial charge in [-0.15, -0.1) is 0 Å². The van der Waals surface area contributed by atoms with Crippen LogP contribution in [0.5, 0.6) is 0 Å². The van der Waals surface area contributed by atoms with Crippen LogP contribution in [0.3, 0.4) is 0 Å². The quantitative estimate of drug-likeness (QED) is 0.789. The van der Waals surface area contributed by atoms with Crippen LogP contribution in [-0.2, 0) is 16.6 Å². The van der Waals surface area contributed by atoms with Gasteiger partial charge in [-0.2, -0.15) is 0 Å². The SMILES string of the molecule is COC(=O)CN(c1nc2ccccc2n1C)C(C)C. The van der Waals surface area contributed by atoms with Crippen LogP contribution in [0.15, 0.2) is 24.3 Å². The molecule has 102 valence electrons. The number of methoxy groups -OCH3 is 1. The molecule has 0 bridgehead atoms. The van der Waals surface area contributed by atoms with Gasteiger partial charge in [-0.3, -0.25) is 4.79 Å². The van der Waals surface area contributed by atoms with Crippen LogP contribution < -0.4 is 4.90 Å². The van der Waals surface area contributed by atoms with Crippen molar-refractivity contribution in [2.45, 2.75) is 19.9 Å². The van der Waals surface area contributed by atoms with Crippen molar-refractivity contribution in [3.05, 3.63) is 24.3 Å². The van der Waals surface area contributed by atoms with Gasteiger partial charge in [-0.05, 0) is 26.0 Å². The van der Waals surface area contributed by atoms with E-state index in [1.54, 1.807) is 0 Å². The number of ether oxygens (including phenoxy) is 1. The van der Waals surface area contributed by atoms with E-state index in [2.05, 4.69) is 4.98 Å². The Bertz CT molecular complexity index is 589. The zero-order valence-corrected chi connectivity index (χ0v) is 11.8. The molecule has 2 aromatic rings. The lowest BCUT2D eigenvalue weighted by atomic mass is 10.3. The molecule has 0 unspecified atom stereocenters. The van der Waals surface area contributed by atoms with Crippen molar-refractivity contribution in [2.75, 3.05) is 18.6 Å². The number of hydrogen-bond donors (Lipinski definition) is 0. The number of aromatic nitrogens is 2. The van der Waals surface area contributed by atoms with Gasteiger partial charge in [0, 0.05) is 13.1 Å². The number of hydrogen-bond acceptors (Lipinski definition) is 4. The number of rotatable bonds is 4. The highest BCUT2D eigenvalue weighted by Gasteiger charge is 2.20. The van der Waals surface area contributed by atoms with Crippen LogP contribution in [0.4, 0.5) is 5.95 Å². The topological polar surface area (TPSA) is 47.4 Å². The molecule has 0 fully saturated rings. The minimum atomic E-state index is -0.263. The highest BCUT2D eigenvalue weighted by molar-refractivity contribution is 5.80. The largest absolute Gasteiger partial charge is 0.468 e. The van der Waals surface area contributed by atoms with E-state index in [-0.39, 0.29) is 18.6 Å². The Morgan fingerprint density at radius 3 is 2.68 bits per heavy atom. The van der Waals surface area contributed by atoms with Gasteiger partial charge >= 0.3 is 5.97 Å². The fourth-order valence-corrected chi connectivity index (χ4v) is 2.08. The summed E-state index contributed by atoms with van der Waals surface area (Å²) in [6, 6.07) is 8.08. The van der Waals surface area contributed by atoms with Gasteiger partial charge < -0.3 is 14.2 Å². The summed E-state index contributed by atoms with van der Waals surface area (Å²) in [6.45, 7) is 4.26. The van der Waals surface area contributed by atoms with Gasteiger partial charge in [0.15, 0.2) is 0 Å². The summed E-state index contributed by atoms with van der Waals surface area (Å²) >= 11 is 0. The lowest BCUT2D eigenvalue weighted by molar-refractivity contribution is -0.139. The van der Waals surface area contributed by atoms with Gasteiger partial charge in [0.25, 0.3) is 0 Å². The molecule has 0 N–H and O–H groups in total. The summed E-state index contributed by atoms with van der Waals surface area (Å²) in [4.78, 5) is 18.1. The number of anilines is 1. The van der Waals surface area contributed by atoms with Crippen molar-refractivity contribution in [3.8, 4) is 0 Å². The van der Waals surface area contributed by atoms with Crippen molar-refractivity contribution in [3.63, 3.8) is 0 Å². The van der Waals surface area contributed by atoms with E-state index < -0.39 is 0 Å². The first kappa shape index (κ1) is 13.4. The van der Waals surface area contributed by atoms with Crippen LogP contribution in [0.25, 0.3) is 11.0 Å². The maximum absolute atomic E-state index is 11.5. The predicted octanol–water partition coefficient (Wildman–Crippen LogP) is 1.96. The number of fused-ring (bicyclic) bond motifs is 1. The Kier molecular flexibility index (Phi) is 3.74. The molecule has 19 heavy (non-hydrogen) atoms. The standard InChI is InChI=1S/C14H19N3O2/c1-10(2)17(9-13(18)19-4)14-15-11-7-5-6-8-12(11)16(14)3/h5-8,10H,9H2,1-4H3. The third kappa shape index (κ3) is 2.54. The van der Waals surface area contributed by atoms with Gasteiger partial charge in [0.2, 0.25) is 5.95 Å². The molecule has 5 heteroatoms. The number of carbonyl (C=O) groups excluding carboxylic acids is 1. The normalized spacial score (nSPS) is 11.0. The van der Waals surface area contributed by atoms with Crippen molar-refractivity contribution < 1.29 is 9.53 Å². The molecule has 0 spiro atoms. The molecule has 0 aliphatic rings. The van der Waals surface area contributed by atoms with Gasteiger partial charge in [0.1, 0.15) is 6.54 Å². The second-order valence-corrected chi connectivity index (χ2v) is 4.76. The number of nitrogens with zero attached hydrogens (tertiary/aromatic N) is 3. The van der Waals surface area contributed by atoms with Crippen molar-refractivity contribution in [1.82, 2.24) is 9.55 Å². The second kappa shape index (κ2) is 5.30. The van der Waals surface area contributed by atoms with E-state index >= 15 is 0 Å². The summed E-state index contributed by atoms with van der Waals surface area (Å²) in [6.07, 6.45) is 0. The molecule has 1 aromatic heterocycles. The fraction of sp³-hybridized carbons (Fsp3) is 0.429. The summed E-state index contributed by atoms with van der Waals surface area (Å²) in [5.74, 6) is 0.516. The molecular formula is C14H19N3O2. The van der Waals surface area contributed by atoms with E-state index in [9.17, 15) is 4.79 Å². The third-order valence-corrected chi connectivity index (χ3v) is 3.17. The van der Waals surface area contributed by atoms with Crippen molar-refractivity contribution in [1.29, 1.82) is 0 Å². The lowest BCUT2D eigenvalue weighted by Crippen LogP contribution is -2.37. The summed E-state index contributed by atoms with van der Waals surface area (Å²) in [5.41, 5.74) is 1.98. The zero-order chi connectivity index (χ0) is 14.0. The van der Waals surface area contributed by atoms with Crippen molar-refractivity contribution in [2.24, 2.45) is 7.05 Å². The number of imidazole rings is 1. The Hall–Kier alpha value is -2.04. The molecule has 0 saturated heterocycles. The first-order chi connectivity index (χ1) is 9.04. The summed E-state index contributed by atoms with van der Waals surface area (Å²) in [5, 5.41) is 0. The molecule has 5 nitrogen and oxygen atoms in total. The highest BCUT2D eigenvalue weighted by Crippen LogP contribution is 2.22. The van der Waals surface area contributed by atoms with Gasteiger partial charge in [-0.25, -0.2) is 4.98 Å². The summed E-state index contributed by atoms with van der Waals surface area (Å²) in [7, 11) is 3.35. The number of para-hydroxylation sites is 2. The molecular weight excluding hydrogens is 242 g/mol. The molecule has 2 rings (SSSR count). The molecule has 0 saturated carbocycles. The minimum absolute atomic E-state index is 0.162. The fourth-order valence-electron chi connectivity index (χ4n) is 2.08. The average molecular weight is 261 g/mol. The van der Waals surface area contributed by atoms with E-state index in [0.717, 1.165) is 17.0 Å². The Labute approximate surface area is 112 Å². The molecule has 0 aliphatic carbocycles. The Morgan fingerprint density at radius 1 is 1.42 bits per heavy atom. The van der Waals surface area contributed by atoms with Crippen LogP contribution in [0, 0.1) is 0 Å². The monoisotopic (exact) mass is 261 g/mol. The first-order valence-electron chi connectivity index (χ1n) is 6.29. The number of carbonyl (C=O) groups is 1. The van der Waals surface area contributed by atoms with Crippen LogP contribution in [0.1, 0.15) is 13.8 Å². The lowest BCUT2D eigenvalue weighted by Gasteiger charge is -2.26. The van der Waals surface area contributed by atoms with Crippen LogP contribution in [0.2, 0.25) is 0 Å². The first-order valence-corrected chi connectivity index (χ1v) is 6.29. The third-order valence-electron chi connectivity index (χ3n) is 3.17. The molecule has 1 heterocycles. The average Bonchev–Trinajstić information content (AvgIpc) is 2.73. The number of aryl methyl sites for hydroxylation is 1. The Morgan fingerprint density at radius 2 is 2.11 bits per heavy atom. The highest BCUT2D eigenvalue weighted by atomic mass is 16.5. The molecule has 0 radical (unpaired) electrons. The number of esters is 1. The molecule has 0 amide bonds. The van der Waals surface area contributed by atoms with E-state index in [1.165, 1.54) is 7.11 Å². The minimum Gasteiger partial charge on any atom is -0.468 e. The van der Waals surface area contributed by atoms with Crippen molar-refractivity contribution >= 4 is 23.0 Å². The van der Waals surface area contributed by atoms with E-state index in [1.807, 2.05) is 54.6 Å². The summed E-state index contributed by atoms with van der Waals surface area (Å²) < 4.78 is 6.75. The van der Waals surface area contributed by atoms with Crippen LogP contribution in [-0.4, -0.2) is 35.2 Å². The van der Waals surface area contributed by atoms with Crippen LogP contribution >= 0.6 is 0 Å². The van der Waals surface area contributed by atoms with E-state index in [4.69, 9.17) is 4.74 Å². The molecule has 1 aromatic carbocycles. The predicted molar refractivity (Wildman–Crippen MR) is 75.2 cm³/mol. The van der Waals surface area contributed by atoms with Gasteiger partial charge in [-0.1, -0.05) is 12.1 Å². The molecule has 0 atom stereocenters. The number of benzene rings is 1. The zero-order valence-electron chi connectivity index (χ0n) is 11.8. The van der Waals surface area contributed by atoms with E-state index in [0.29, 0.717) is 0 Å². The second-order valence-electron chi connectivity index (χ2n) is 4.76. The maximum atomic E-state index is 11.5. The van der Waals surface area contributed by atoms with Gasteiger partial charge in [0.05, 0.1) is 18.1 Å². The molecule has 0 aliphatic heterocycles. The Balaban J connectivity index is 2.44. The smallest absolute Gasteiger partial charge is 0.325 e.